The Balaban J connectivity index is 2.34. The fourth-order valence-electron chi connectivity index (χ4n) is 3.37. The van der Waals surface area contributed by atoms with Crippen LogP contribution >= 0.6 is 0 Å². The second kappa shape index (κ2) is 13.5. The summed E-state index contributed by atoms with van der Waals surface area (Å²) in [6, 6.07) is 5.72. The quantitative estimate of drug-likeness (QED) is 0.376. The summed E-state index contributed by atoms with van der Waals surface area (Å²) in [6.45, 7) is 2.40. The highest BCUT2D eigenvalue weighted by molar-refractivity contribution is 5.98. The summed E-state index contributed by atoms with van der Waals surface area (Å²) >= 11 is 0. The van der Waals surface area contributed by atoms with Crippen LogP contribution in [0.25, 0.3) is 0 Å². The molecule has 2 aromatic rings. The molecule has 0 radical (unpaired) electrons. The normalized spacial score (nSPS) is 13.7. The van der Waals surface area contributed by atoms with E-state index in [0.717, 1.165) is 0 Å². The molecular weight excluding hydrogens is 509 g/mol. The van der Waals surface area contributed by atoms with Crippen LogP contribution in [0.1, 0.15) is 35.9 Å². The Bertz CT molecular complexity index is 1110. The molecule has 3 N–H and O–H groups in total. The first-order valence-corrected chi connectivity index (χ1v) is 11.5. The number of ketones is 1. The molecule has 1 aromatic carbocycles. The Labute approximate surface area is 217 Å². The molecule has 0 saturated heterocycles. The first-order chi connectivity index (χ1) is 17.9. The van der Waals surface area contributed by atoms with Gasteiger partial charge in [-0.25, -0.2) is 0 Å². The summed E-state index contributed by atoms with van der Waals surface area (Å²) in [6.07, 6.45) is -3.79. The van der Waals surface area contributed by atoms with Gasteiger partial charge in [0.1, 0.15) is 23.5 Å². The van der Waals surface area contributed by atoms with Crippen LogP contribution in [0.5, 0.6) is 5.75 Å². The number of Topliss-reactive ketones (excluding diaryl/α,β-unsaturated/α-hetero) is 1. The van der Waals surface area contributed by atoms with E-state index in [-0.39, 0.29) is 17.9 Å². The van der Waals surface area contributed by atoms with Gasteiger partial charge in [-0.3, -0.25) is 24.2 Å². The molecule has 0 aliphatic heterocycles. The minimum Gasteiger partial charge on any atom is -0.497 e. The lowest BCUT2D eigenvalue weighted by molar-refractivity contribution is -0.175. The number of methoxy groups -OCH3 is 2. The van der Waals surface area contributed by atoms with Gasteiger partial charge in [-0.15, -0.1) is 0 Å². The van der Waals surface area contributed by atoms with E-state index in [9.17, 15) is 32.3 Å². The molecule has 10 nitrogen and oxygen atoms in total. The second-order valence-corrected chi connectivity index (χ2v) is 8.50. The van der Waals surface area contributed by atoms with Crippen molar-refractivity contribution in [3.63, 3.8) is 0 Å². The van der Waals surface area contributed by atoms with Gasteiger partial charge in [0.15, 0.2) is 0 Å². The zero-order valence-corrected chi connectivity index (χ0v) is 21.2. The van der Waals surface area contributed by atoms with E-state index in [1.54, 1.807) is 12.1 Å². The molecular formula is C25H29F3N4O6. The van der Waals surface area contributed by atoms with Crippen LogP contribution in [0, 0.1) is 5.92 Å². The molecule has 0 saturated carbocycles. The number of rotatable bonds is 12. The Morgan fingerprint density at radius 1 is 0.921 bits per heavy atom. The van der Waals surface area contributed by atoms with Crippen molar-refractivity contribution in [2.24, 2.45) is 5.92 Å². The van der Waals surface area contributed by atoms with Gasteiger partial charge in [-0.1, -0.05) is 32.0 Å². The zero-order valence-electron chi connectivity index (χ0n) is 21.2. The van der Waals surface area contributed by atoms with Crippen LogP contribution in [-0.4, -0.2) is 67.6 Å². The highest BCUT2D eigenvalue weighted by atomic mass is 19.4. The largest absolute Gasteiger partial charge is 0.497 e. The lowest BCUT2D eigenvalue weighted by Crippen LogP contribution is -2.55. The van der Waals surface area contributed by atoms with Crippen LogP contribution in [0.15, 0.2) is 48.7 Å². The number of nitrogens with zero attached hydrogens (tertiary/aromatic N) is 1. The molecule has 38 heavy (non-hydrogen) atoms. The number of alkyl halides is 3. The van der Waals surface area contributed by atoms with Crippen molar-refractivity contribution < 1.29 is 41.8 Å². The number of halogens is 3. The number of carbonyl (C=O) groups is 4. The number of pyridine rings is 1. The topological polar surface area (TPSA) is 136 Å². The SMILES string of the molecule is COC[C@H](NC(=O)c1ccccn1)C(=O)N[C@H](C(=O)N[C@H](C(=O)C(F)(F)F)C(C)C)c1ccc(OC)cc1. The minimum atomic E-state index is -5.18. The number of carbonyl (C=O) groups excluding carboxylic acids is 4. The fraction of sp³-hybridized carbons (Fsp3) is 0.400. The van der Waals surface area contributed by atoms with E-state index in [0.29, 0.717) is 5.75 Å². The molecule has 0 fully saturated rings. The van der Waals surface area contributed by atoms with E-state index >= 15 is 0 Å². The van der Waals surface area contributed by atoms with Gasteiger partial charge in [0.2, 0.25) is 11.8 Å². The summed E-state index contributed by atoms with van der Waals surface area (Å²) in [4.78, 5) is 54.7. The van der Waals surface area contributed by atoms with Crippen LogP contribution in [-0.2, 0) is 19.1 Å². The summed E-state index contributed by atoms with van der Waals surface area (Å²) < 4.78 is 49.5. The Hall–Kier alpha value is -4.00. The number of benzene rings is 1. The van der Waals surface area contributed by atoms with Gasteiger partial charge in [0.25, 0.3) is 11.7 Å². The van der Waals surface area contributed by atoms with Crippen LogP contribution < -0.4 is 20.7 Å². The molecule has 3 atom stereocenters. The van der Waals surface area contributed by atoms with Crippen LogP contribution in [0.2, 0.25) is 0 Å². The molecule has 0 unspecified atom stereocenters. The second-order valence-electron chi connectivity index (χ2n) is 8.50. The molecule has 0 aliphatic carbocycles. The third-order valence-corrected chi connectivity index (χ3v) is 5.38. The zero-order chi connectivity index (χ0) is 28.5. The maximum absolute atomic E-state index is 13.2. The van der Waals surface area contributed by atoms with Gasteiger partial charge in [0, 0.05) is 13.3 Å². The van der Waals surface area contributed by atoms with Gasteiger partial charge >= 0.3 is 6.18 Å². The van der Waals surface area contributed by atoms with E-state index in [4.69, 9.17) is 9.47 Å². The fourth-order valence-corrected chi connectivity index (χ4v) is 3.37. The lowest BCUT2D eigenvalue weighted by atomic mass is 9.97. The predicted molar refractivity (Wildman–Crippen MR) is 129 cm³/mol. The van der Waals surface area contributed by atoms with Crippen LogP contribution in [0.4, 0.5) is 13.2 Å². The molecule has 2 rings (SSSR count). The lowest BCUT2D eigenvalue weighted by Gasteiger charge is -2.27. The smallest absolute Gasteiger partial charge is 0.452 e. The molecule has 206 valence electrons. The molecule has 0 aliphatic rings. The van der Waals surface area contributed by atoms with Crippen molar-refractivity contribution in [3.05, 3.63) is 59.9 Å². The van der Waals surface area contributed by atoms with E-state index < -0.39 is 53.7 Å². The third kappa shape index (κ3) is 8.26. The Morgan fingerprint density at radius 3 is 2.08 bits per heavy atom. The van der Waals surface area contributed by atoms with Gasteiger partial charge < -0.3 is 25.4 Å². The number of ether oxygens (including phenoxy) is 2. The Kier molecular flexibility index (Phi) is 10.8. The predicted octanol–water partition coefficient (Wildman–Crippen LogP) is 1.96. The van der Waals surface area contributed by atoms with Gasteiger partial charge in [-0.05, 0) is 35.7 Å². The minimum absolute atomic E-state index is 0.0243. The summed E-state index contributed by atoms with van der Waals surface area (Å²) in [5.41, 5.74) is 0.210. The number of nitrogens with one attached hydrogen (secondary N) is 3. The summed E-state index contributed by atoms with van der Waals surface area (Å²) in [5.74, 6) is -5.22. The molecule has 0 spiro atoms. The van der Waals surface area contributed by atoms with Crippen molar-refractivity contribution in [2.45, 2.75) is 38.1 Å². The molecule has 1 aromatic heterocycles. The average Bonchev–Trinajstić information content (AvgIpc) is 2.89. The standard InChI is InChI=1S/C25H29F3N4O6/c1-14(2)19(21(33)25(26,27)28)31-24(36)20(15-8-10-16(38-4)11-9-15)32-23(35)18(13-37-3)30-22(34)17-7-5-6-12-29-17/h5-12,14,18-20H,13H2,1-4H3,(H,30,34)(H,31,36)(H,32,35)/t18-,19-,20-/m0/s1. The first kappa shape index (κ1) is 30.2. The summed E-state index contributed by atoms with van der Waals surface area (Å²) in [7, 11) is 2.70. The molecule has 13 heteroatoms. The van der Waals surface area contributed by atoms with E-state index in [2.05, 4.69) is 20.9 Å². The number of hydrogen-bond acceptors (Lipinski definition) is 7. The molecule has 1 heterocycles. The number of amides is 3. The van der Waals surface area contributed by atoms with Gasteiger partial charge in [0.05, 0.1) is 19.8 Å². The first-order valence-electron chi connectivity index (χ1n) is 11.5. The maximum atomic E-state index is 13.2. The van der Waals surface area contributed by atoms with Crippen LogP contribution in [0.3, 0.4) is 0 Å². The summed E-state index contributed by atoms with van der Waals surface area (Å²) in [5, 5.41) is 7.00. The number of hydrogen-bond donors (Lipinski definition) is 3. The van der Waals surface area contributed by atoms with Crippen molar-refractivity contribution in [3.8, 4) is 5.75 Å². The number of aromatic nitrogens is 1. The monoisotopic (exact) mass is 538 g/mol. The van der Waals surface area contributed by atoms with Crippen molar-refractivity contribution >= 4 is 23.5 Å². The maximum Gasteiger partial charge on any atom is 0.452 e. The van der Waals surface area contributed by atoms with Gasteiger partial charge in [-0.2, -0.15) is 13.2 Å². The van der Waals surface area contributed by atoms with Crippen molar-refractivity contribution in [2.75, 3.05) is 20.8 Å². The molecule has 0 bridgehead atoms. The van der Waals surface area contributed by atoms with Crippen molar-refractivity contribution in [1.82, 2.24) is 20.9 Å². The average molecular weight is 539 g/mol. The molecule has 3 amide bonds. The third-order valence-electron chi connectivity index (χ3n) is 5.38. The highest BCUT2D eigenvalue weighted by Gasteiger charge is 2.45. The Morgan fingerprint density at radius 2 is 1.58 bits per heavy atom. The van der Waals surface area contributed by atoms with Crippen molar-refractivity contribution in [1.29, 1.82) is 0 Å². The van der Waals surface area contributed by atoms with E-state index in [1.165, 1.54) is 64.6 Å². The van der Waals surface area contributed by atoms with E-state index in [1.807, 2.05) is 0 Å². The highest BCUT2D eigenvalue weighted by Crippen LogP contribution is 2.23.